The van der Waals surface area contributed by atoms with Crippen LogP contribution in [0.25, 0.3) is 0 Å². The first-order valence-corrected chi connectivity index (χ1v) is 14.7. The maximum atomic E-state index is 13.6. The molecular formula is C30H43BrN2O3S. The zero-order valence-electron chi connectivity index (χ0n) is 23.6. The van der Waals surface area contributed by atoms with Gasteiger partial charge in [0.1, 0.15) is 10.3 Å². The van der Waals surface area contributed by atoms with Crippen molar-refractivity contribution in [2.45, 2.75) is 90.2 Å². The third-order valence-electron chi connectivity index (χ3n) is 5.92. The molecule has 0 aliphatic heterocycles. The summed E-state index contributed by atoms with van der Waals surface area (Å²) >= 11 is 2.16. The van der Waals surface area contributed by atoms with E-state index in [1.807, 2.05) is 97.9 Å². The average molecular weight is 592 g/mol. The Labute approximate surface area is 235 Å². The monoisotopic (exact) mass is 590 g/mol. The quantitative estimate of drug-likeness (QED) is 0.224. The predicted octanol–water partition coefficient (Wildman–Crippen LogP) is 8.05. The summed E-state index contributed by atoms with van der Waals surface area (Å²) in [6.45, 7) is 20.1. The molecule has 0 saturated heterocycles. The number of amides is 1. The van der Waals surface area contributed by atoms with Crippen molar-refractivity contribution in [3.8, 4) is 0 Å². The lowest BCUT2D eigenvalue weighted by Gasteiger charge is -2.43. The summed E-state index contributed by atoms with van der Waals surface area (Å²) in [6, 6.07) is 17.7. The van der Waals surface area contributed by atoms with Crippen molar-refractivity contribution in [1.29, 1.82) is 0 Å². The van der Waals surface area contributed by atoms with E-state index in [4.69, 9.17) is 4.74 Å². The second kappa shape index (κ2) is 12.8. The molecule has 0 saturated carbocycles. The maximum Gasteiger partial charge on any atom is 0.410 e. The van der Waals surface area contributed by atoms with Crippen LogP contribution in [0, 0.1) is 0 Å². The van der Waals surface area contributed by atoms with E-state index in [0.29, 0.717) is 19.4 Å². The van der Waals surface area contributed by atoms with E-state index >= 15 is 0 Å². The van der Waals surface area contributed by atoms with Crippen LogP contribution in [0.2, 0.25) is 0 Å². The van der Waals surface area contributed by atoms with Gasteiger partial charge in [-0.05, 0) is 91.5 Å². The fourth-order valence-corrected chi connectivity index (χ4v) is 5.45. The maximum absolute atomic E-state index is 13.6. The fourth-order valence-electron chi connectivity index (χ4n) is 4.25. The number of ether oxygens (including phenoxy) is 1. The van der Waals surface area contributed by atoms with Crippen molar-refractivity contribution in [2.75, 3.05) is 6.54 Å². The normalized spacial score (nSPS) is 15.4. The summed E-state index contributed by atoms with van der Waals surface area (Å²) in [5.41, 5.74) is 1.55. The van der Waals surface area contributed by atoms with Crippen LogP contribution in [0.1, 0.15) is 85.4 Å². The van der Waals surface area contributed by atoms with E-state index in [1.54, 1.807) is 4.90 Å². The Bertz CT molecular complexity index is 1030. The SMILES string of the molecule is C=C(C)C[C@@](CC(c1ccc(Br)cc1)N(CC)C(=O)OC(C)(C)C)(N[S+]([O-])C(C)(C)C)c1ccccc1. The molecule has 0 heterocycles. The van der Waals surface area contributed by atoms with Gasteiger partial charge in [-0.15, -0.1) is 11.3 Å². The first kappa shape index (κ1) is 31.4. The van der Waals surface area contributed by atoms with E-state index in [1.165, 1.54) is 0 Å². The van der Waals surface area contributed by atoms with E-state index in [0.717, 1.165) is 21.2 Å². The van der Waals surface area contributed by atoms with E-state index in [9.17, 15) is 9.35 Å². The molecule has 0 aliphatic carbocycles. The van der Waals surface area contributed by atoms with Gasteiger partial charge in [0.05, 0.1) is 11.6 Å². The minimum atomic E-state index is -1.38. The number of hydrogen-bond acceptors (Lipinski definition) is 4. The smallest absolute Gasteiger partial charge is 0.410 e. The van der Waals surface area contributed by atoms with Gasteiger partial charge >= 0.3 is 6.09 Å². The van der Waals surface area contributed by atoms with Gasteiger partial charge in [-0.3, -0.25) is 0 Å². The Hall–Kier alpha value is -1.80. The molecule has 2 unspecified atom stereocenters. The molecule has 0 spiro atoms. The lowest BCUT2D eigenvalue weighted by Crippen LogP contribution is -2.53. The van der Waals surface area contributed by atoms with Gasteiger partial charge in [-0.1, -0.05) is 64.0 Å². The molecule has 2 rings (SSSR count). The van der Waals surface area contributed by atoms with Crippen molar-refractivity contribution in [3.63, 3.8) is 0 Å². The molecule has 0 fully saturated rings. The van der Waals surface area contributed by atoms with Crippen LogP contribution in [-0.4, -0.2) is 32.4 Å². The number of hydrogen-bond donors (Lipinski definition) is 1. The molecule has 204 valence electrons. The zero-order valence-corrected chi connectivity index (χ0v) is 26.0. The minimum Gasteiger partial charge on any atom is -0.598 e. The number of nitrogens with one attached hydrogen (secondary N) is 1. The van der Waals surface area contributed by atoms with Crippen LogP contribution in [0.4, 0.5) is 4.79 Å². The van der Waals surface area contributed by atoms with Crippen molar-refractivity contribution in [2.24, 2.45) is 0 Å². The van der Waals surface area contributed by atoms with Gasteiger partial charge in [-0.2, -0.15) is 0 Å². The molecule has 7 heteroatoms. The standard InChI is InChI=1S/C30H43BrN2O3S/c1-10-33(27(34)36-28(4,5)6)26(23-16-18-25(31)19-17-23)21-30(20-22(2)3,24-14-12-11-13-15-24)32-37(35)29(7,8)9/h11-19,26,32H,2,10,20-21H2,1,3-9H3/t26?,30-,37?/m0/s1. The Kier molecular flexibility index (Phi) is 10.9. The molecule has 0 aliphatic rings. The second-order valence-electron chi connectivity index (χ2n) is 11.6. The van der Waals surface area contributed by atoms with Gasteiger partial charge in [0.2, 0.25) is 0 Å². The topological polar surface area (TPSA) is 64.6 Å². The molecular weight excluding hydrogens is 548 g/mol. The Morgan fingerprint density at radius 3 is 2.11 bits per heavy atom. The molecule has 1 amide bonds. The first-order valence-electron chi connectivity index (χ1n) is 12.7. The van der Waals surface area contributed by atoms with Gasteiger partial charge in [-0.25, -0.2) is 4.79 Å². The molecule has 0 radical (unpaired) electrons. The highest BCUT2D eigenvalue weighted by atomic mass is 79.9. The summed E-state index contributed by atoms with van der Waals surface area (Å²) < 4.78 is 23.4. The minimum absolute atomic E-state index is 0.350. The van der Waals surface area contributed by atoms with Crippen molar-refractivity contribution in [1.82, 2.24) is 9.62 Å². The number of rotatable bonds is 10. The average Bonchev–Trinajstić information content (AvgIpc) is 2.77. The molecule has 2 aromatic carbocycles. The molecule has 1 N–H and O–H groups in total. The van der Waals surface area contributed by atoms with Crippen molar-refractivity contribution in [3.05, 3.63) is 82.3 Å². The molecule has 3 atom stereocenters. The molecule has 2 aromatic rings. The van der Waals surface area contributed by atoms with E-state index < -0.39 is 27.2 Å². The summed E-state index contributed by atoms with van der Waals surface area (Å²) in [5.74, 6) is 0. The Morgan fingerprint density at radius 2 is 1.65 bits per heavy atom. The van der Waals surface area contributed by atoms with Crippen molar-refractivity contribution < 1.29 is 14.1 Å². The zero-order chi connectivity index (χ0) is 28.0. The lowest BCUT2D eigenvalue weighted by atomic mass is 9.78. The van der Waals surface area contributed by atoms with Gasteiger partial charge in [0.15, 0.2) is 0 Å². The van der Waals surface area contributed by atoms with Crippen molar-refractivity contribution >= 4 is 33.4 Å². The summed E-state index contributed by atoms with van der Waals surface area (Å²) in [5, 5.41) is 0. The molecule has 37 heavy (non-hydrogen) atoms. The Morgan fingerprint density at radius 1 is 1.08 bits per heavy atom. The summed E-state index contributed by atoms with van der Waals surface area (Å²) in [6.07, 6.45) is 0.648. The highest BCUT2D eigenvalue weighted by Gasteiger charge is 2.44. The number of benzene rings is 2. The van der Waals surface area contributed by atoms with E-state index in [-0.39, 0.29) is 12.1 Å². The molecule has 0 aromatic heterocycles. The van der Waals surface area contributed by atoms with Crippen LogP contribution in [0.5, 0.6) is 0 Å². The van der Waals surface area contributed by atoms with E-state index in [2.05, 4.69) is 39.4 Å². The summed E-state index contributed by atoms with van der Waals surface area (Å²) in [4.78, 5) is 15.3. The largest absolute Gasteiger partial charge is 0.598 e. The van der Waals surface area contributed by atoms with Gasteiger partial charge < -0.3 is 14.2 Å². The van der Waals surface area contributed by atoms with Crippen LogP contribution < -0.4 is 4.72 Å². The number of halogens is 1. The van der Waals surface area contributed by atoms with Crippen LogP contribution >= 0.6 is 15.9 Å². The third-order valence-corrected chi connectivity index (χ3v) is 8.13. The number of nitrogens with zero attached hydrogens (tertiary/aromatic N) is 1. The number of carbonyl (C=O) groups is 1. The highest BCUT2D eigenvalue weighted by Crippen LogP contribution is 2.41. The fraction of sp³-hybridized carbons (Fsp3) is 0.500. The van der Waals surface area contributed by atoms with Crippen LogP contribution in [0.15, 0.2) is 71.2 Å². The van der Waals surface area contributed by atoms with Gasteiger partial charge in [0.25, 0.3) is 0 Å². The Balaban J connectivity index is 2.74. The second-order valence-corrected chi connectivity index (χ2v) is 14.5. The molecule has 5 nitrogen and oxygen atoms in total. The first-order chi connectivity index (χ1) is 17.1. The third kappa shape index (κ3) is 9.17. The lowest BCUT2D eigenvalue weighted by molar-refractivity contribution is 0.0133. The highest BCUT2D eigenvalue weighted by molar-refractivity contribution is 9.10. The summed E-state index contributed by atoms with van der Waals surface area (Å²) in [7, 11) is 0. The number of carbonyl (C=O) groups excluding carboxylic acids is 1. The molecule has 0 bridgehead atoms. The van der Waals surface area contributed by atoms with Crippen LogP contribution in [0.3, 0.4) is 0 Å². The predicted molar refractivity (Wildman–Crippen MR) is 159 cm³/mol. The van der Waals surface area contributed by atoms with Crippen LogP contribution in [-0.2, 0) is 21.6 Å². The van der Waals surface area contributed by atoms with Gasteiger partial charge in [0, 0.05) is 22.4 Å².